The molecule has 0 amide bonds. The molecule has 4 nitrogen and oxygen atoms in total. The number of allylic oxidation sites excluding steroid dienone is 5. The van der Waals surface area contributed by atoms with Gasteiger partial charge < -0.3 is 14.0 Å². The molecule has 5 heteroatoms. The predicted molar refractivity (Wildman–Crippen MR) is 129 cm³/mol. The molecule has 174 valence electrons. The summed E-state index contributed by atoms with van der Waals surface area (Å²) < 4.78 is 34.3. The normalized spacial score (nSPS) is 22.2. The topological polar surface area (TPSA) is 58.6 Å². The van der Waals surface area contributed by atoms with Crippen molar-refractivity contribution in [1.29, 1.82) is 0 Å². The van der Waals surface area contributed by atoms with Crippen molar-refractivity contribution in [2.45, 2.75) is 76.9 Å². The van der Waals surface area contributed by atoms with Crippen LogP contribution in [0.15, 0.2) is 76.9 Å². The molecular formula is C27H35O4S-. The molecule has 32 heavy (non-hydrogen) atoms. The van der Waals surface area contributed by atoms with E-state index in [2.05, 4.69) is 71.1 Å². The summed E-state index contributed by atoms with van der Waals surface area (Å²) in [5.41, 5.74) is 1.21. The van der Waals surface area contributed by atoms with Gasteiger partial charge in [0.2, 0.25) is 0 Å². The molecule has 3 rings (SSSR count). The van der Waals surface area contributed by atoms with Gasteiger partial charge in [-0.05, 0) is 96.7 Å². The van der Waals surface area contributed by atoms with Gasteiger partial charge in [0.1, 0.15) is 23.2 Å². The number of ether oxygens (including phenoxy) is 2. The number of hydrogen-bond acceptors (Lipinski definition) is 4. The van der Waals surface area contributed by atoms with Gasteiger partial charge in [0.15, 0.2) is 0 Å². The number of rotatable bonds is 9. The van der Waals surface area contributed by atoms with Gasteiger partial charge in [-0.2, -0.15) is 0 Å². The van der Waals surface area contributed by atoms with Crippen molar-refractivity contribution in [2.24, 2.45) is 11.3 Å². The minimum absolute atomic E-state index is 0.00134. The minimum Gasteiger partial charge on any atom is -0.768 e. The van der Waals surface area contributed by atoms with Crippen LogP contribution in [0.5, 0.6) is 5.75 Å². The minimum atomic E-state index is -2.22. The van der Waals surface area contributed by atoms with E-state index in [4.69, 9.17) is 9.47 Å². The molecule has 0 fully saturated rings. The van der Waals surface area contributed by atoms with Crippen LogP contribution in [-0.2, 0) is 15.8 Å². The van der Waals surface area contributed by atoms with E-state index in [-0.39, 0.29) is 22.0 Å². The Labute approximate surface area is 195 Å². The molecule has 0 heterocycles. The molecule has 0 spiro atoms. The second kappa shape index (κ2) is 10.2. The van der Waals surface area contributed by atoms with Gasteiger partial charge in [0, 0.05) is 11.3 Å². The van der Waals surface area contributed by atoms with Crippen LogP contribution in [0.3, 0.4) is 0 Å². The van der Waals surface area contributed by atoms with E-state index in [0.29, 0.717) is 11.7 Å². The lowest BCUT2D eigenvalue weighted by molar-refractivity contribution is 0.0163. The zero-order chi connectivity index (χ0) is 23.4. The fraction of sp³-hybridized carbons (Fsp3) is 0.481. The molecule has 0 bridgehead atoms. The van der Waals surface area contributed by atoms with Crippen molar-refractivity contribution in [1.82, 2.24) is 0 Å². The molecule has 1 aromatic carbocycles. The highest BCUT2D eigenvalue weighted by Crippen LogP contribution is 2.42. The first-order valence-corrected chi connectivity index (χ1v) is 12.6. The van der Waals surface area contributed by atoms with Gasteiger partial charge in [0.05, 0.1) is 0 Å². The summed E-state index contributed by atoms with van der Waals surface area (Å²) in [7, 11) is 0. The van der Waals surface area contributed by atoms with E-state index < -0.39 is 11.1 Å². The average molecular weight is 456 g/mol. The SMILES string of the molecule is CCC(C)(CC)OC1=CCC(C(C)(C)C2=CCC(Oc3ccc(S(=O)[O-])cc3)C=C2)C=C1. The number of benzene rings is 1. The van der Waals surface area contributed by atoms with Gasteiger partial charge >= 0.3 is 0 Å². The van der Waals surface area contributed by atoms with Crippen molar-refractivity contribution >= 4 is 11.1 Å². The van der Waals surface area contributed by atoms with Gasteiger partial charge in [-0.3, -0.25) is 4.21 Å². The van der Waals surface area contributed by atoms with Crippen molar-refractivity contribution in [2.75, 3.05) is 0 Å². The van der Waals surface area contributed by atoms with Crippen LogP contribution >= 0.6 is 0 Å². The summed E-state index contributed by atoms with van der Waals surface area (Å²) in [6, 6.07) is 6.51. The lowest BCUT2D eigenvalue weighted by Crippen LogP contribution is -2.29. The van der Waals surface area contributed by atoms with E-state index in [9.17, 15) is 8.76 Å². The first-order chi connectivity index (χ1) is 15.2. The molecule has 2 aliphatic rings. The second-order valence-electron chi connectivity index (χ2n) is 9.41. The van der Waals surface area contributed by atoms with Gasteiger partial charge in [-0.1, -0.05) is 45.9 Å². The van der Waals surface area contributed by atoms with Crippen molar-refractivity contribution in [3.05, 3.63) is 72.1 Å². The Bertz CT molecular complexity index is 933. The molecule has 0 saturated heterocycles. The summed E-state index contributed by atoms with van der Waals surface area (Å²) in [5.74, 6) is 2.05. The zero-order valence-corrected chi connectivity index (χ0v) is 20.6. The predicted octanol–water partition coefficient (Wildman–Crippen LogP) is 6.64. The number of hydrogen-bond donors (Lipinski definition) is 0. The Hall–Kier alpha value is -2.11. The molecular weight excluding hydrogens is 420 g/mol. The highest BCUT2D eigenvalue weighted by molar-refractivity contribution is 7.79. The Morgan fingerprint density at radius 2 is 1.69 bits per heavy atom. The molecule has 0 aromatic heterocycles. The molecule has 2 aliphatic carbocycles. The van der Waals surface area contributed by atoms with E-state index >= 15 is 0 Å². The fourth-order valence-corrected chi connectivity index (χ4v) is 4.43. The smallest absolute Gasteiger partial charge is 0.121 e. The van der Waals surface area contributed by atoms with Crippen molar-refractivity contribution in [3.8, 4) is 5.75 Å². The summed E-state index contributed by atoms with van der Waals surface area (Å²) in [6.45, 7) is 11.1. The third-order valence-corrected chi connectivity index (χ3v) is 7.62. The molecule has 3 atom stereocenters. The van der Waals surface area contributed by atoms with Crippen LogP contribution in [0.25, 0.3) is 0 Å². The quantitative estimate of drug-likeness (QED) is 0.392. The Morgan fingerprint density at radius 3 is 2.19 bits per heavy atom. The summed E-state index contributed by atoms with van der Waals surface area (Å²) >= 11 is -2.22. The van der Waals surface area contributed by atoms with E-state index in [1.165, 1.54) is 5.57 Å². The maximum atomic E-state index is 11.0. The molecule has 3 unspecified atom stereocenters. The highest BCUT2D eigenvalue weighted by atomic mass is 32.2. The van der Waals surface area contributed by atoms with E-state index in [1.807, 2.05) is 0 Å². The molecule has 0 aliphatic heterocycles. The second-order valence-corrected chi connectivity index (χ2v) is 10.3. The lowest BCUT2D eigenvalue weighted by Gasteiger charge is -2.37. The molecule has 1 aromatic rings. The Kier molecular flexibility index (Phi) is 7.84. The molecule has 0 saturated carbocycles. The first kappa shape index (κ1) is 24.5. The monoisotopic (exact) mass is 455 g/mol. The average Bonchev–Trinajstić information content (AvgIpc) is 2.80. The lowest BCUT2D eigenvalue weighted by atomic mass is 9.69. The van der Waals surface area contributed by atoms with Crippen LogP contribution in [0.4, 0.5) is 0 Å². The third-order valence-electron chi connectivity index (χ3n) is 6.96. The van der Waals surface area contributed by atoms with Gasteiger partial charge in [-0.15, -0.1) is 0 Å². The van der Waals surface area contributed by atoms with Crippen LogP contribution in [0.2, 0.25) is 0 Å². The van der Waals surface area contributed by atoms with Crippen LogP contribution < -0.4 is 4.74 Å². The largest absolute Gasteiger partial charge is 0.768 e. The van der Waals surface area contributed by atoms with E-state index in [1.54, 1.807) is 24.3 Å². The van der Waals surface area contributed by atoms with Gasteiger partial charge in [0.25, 0.3) is 0 Å². The standard InChI is InChI=1S/C27H36O4S/c1-6-27(5,7-2)31-24-14-10-21(11-15-24)26(3,4)20-8-12-22(13-9-20)30-23-16-18-25(19-17-23)32(28)29/h8-10,12,14-19,21-22H,6-7,11,13H2,1-5H3,(H,28,29)/p-1. The molecule has 0 radical (unpaired) electrons. The zero-order valence-electron chi connectivity index (χ0n) is 19.8. The Balaban J connectivity index is 1.58. The Morgan fingerprint density at radius 1 is 1.00 bits per heavy atom. The molecule has 0 N–H and O–H groups in total. The fourth-order valence-electron chi connectivity index (χ4n) is 4.07. The van der Waals surface area contributed by atoms with E-state index in [0.717, 1.165) is 31.4 Å². The summed E-state index contributed by atoms with van der Waals surface area (Å²) in [6.07, 6.45) is 16.9. The van der Waals surface area contributed by atoms with Crippen molar-refractivity contribution < 1.29 is 18.2 Å². The summed E-state index contributed by atoms with van der Waals surface area (Å²) in [5, 5.41) is 0. The maximum absolute atomic E-state index is 11.0. The van der Waals surface area contributed by atoms with Crippen molar-refractivity contribution in [3.63, 3.8) is 0 Å². The third kappa shape index (κ3) is 5.81. The maximum Gasteiger partial charge on any atom is 0.121 e. The highest BCUT2D eigenvalue weighted by Gasteiger charge is 2.33. The van der Waals surface area contributed by atoms with Gasteiger partial charge in [-0.25, -0.2) is 0 Å². The van der Waals surface area contributed by atoms with Crippen LogP contribution in [-0.4, -0.2) is 20.5 Å². The first-order valence-electron chi connectivity index (χ1n) is 11.5. The van der Waals surface area contributed by atoms with Crippen LogP contribution in [0.1, 0.15) is 60.3 Å². The van der Waals surface area contributed by atoms with Crippen LogP contribution in [0, 0.1) is 11.3 Å². The summed E-state index contributed by atoms with van der Waals surface area (Å²) in [4.78, 5) is 0.262.